The van der Waals surface area contributed by atoms with Crippen LogP contribution in [0.5, 0.6) is 0 Å². The molecule has 4 heteroatoms. The van der Waals surface area contributed by atoms with E-state index in [1.54, 1.807) is 0 Å². The molecule has 0 bridgehead atoms. The van der Waals surface area contributed by atoms with E-state index in [0.717, 1.165) is 30.4 Å². The smallest absolute Gasteiger partial charge is 0.254 e. The lowest BCUT2D eigenvalue weighted by molar-refractivity contribution is -0.125. The molecule has 3 aromatic rings. The fourth-order valence-corrected chi connectivity index (χ4v) is 5.19. The summed E-state index contributed by atoms with van der Waals surface area (Å²) in [6, 6.07) is 26.0. The molecule has 2 aliphatic rings. The minimum atomic E-state index is -0.412. The summed E-state index contributed by atoms with van der Waals surface area (Å²) in [5.74, 6) is -0.386. The first-order chi connectivity index (χ1) is 15.6. The molecule has 32 heavy (non-hydrogen) atoms. The molecule has 3 aromatic carbocycles. The van der Waals surface area contributed by atoms with Crippen LogP contribution in [-0.2, 0) is 17.6 Å². The summed E-state index contributed by atoms with van der Waals surface area (Å²) >= 11 is 0. The standard InChI is InChI=1S/C28H28N2O2/c1-19(15-16-20-9-3-2-4-10-20)29-27(31)25-23-13-7-8-14-24(23)28(32)30-18-17-21-11-5-6-12-22(21)26(25)30/h2-14,19,25-26H,15-18H2,1H3,(H,29,31). The van der Waals surface area contributed by atoms with Crippen LogP contribution in [0.2, 0.25) is 0 Å². The maximum atomic E-state index is 13.7. The molecule has 162 valence electrons. The number of rotatable bonds is 5. The third kappa shape index (κ3) is 3.70. The van der Waals surface area contributed by atoms with Crippen molar-refractivity contribution in [1.29, 1.82) is 0 Å². The van der Waals surface area contributed by atoms with Gasteiger partial charge in [-0.25, -0.2) is 0 Å². The lowest BCUT2D eigenvalue weighted by Gasteiger charge is -2.45. The zero-order valence-corrected chi connectivity index (χ0v) is 18.3. The van der Waals surface area contributed by atoms with Gasteiger partial charge in [0.15, 0.2) is 0 Å². The van der Waals surface area contributed by atoms with Crippen molar-refractivity contribution in [3.63, 3.8) is 0 Å². The predicted octanol–water partition coefficient (Wildman–Crippen LogP) is 4.66. The molecular formula is C28H28N2O2. The topological polar surface area (TPSA) is 49.4 Å². The summed E-state index contributed by atoms with van der Waals surface area (Å²) in [5.41, 5.74) is 5.09. The number of fused-ring (bicyclic) bond motifs is 4. The Bertz CT molecular complexity index is 1140. The van der Waals surface area contributed by atoms with E-state index in [2.05, 4.69) is 36.5 Å². The number of carbonyl (C=O) groups excluding carboxylic acids is 2. The maximum Gasteiger partial charge on any atom is 0.254 e. The van der Waals surface area contributed by atoms with E-state index in [4.69, 9.17) is 0 Å². The second kappa shape index (κ2) is 8.62. The van der Waals surface area contributed by atoms with Gasteiger partial charge in [0.2, 0.25) is 5.91 Å². The van der Waals surface area contributed by atoms with Crippen molar-refractivity contribution in [2.24, 2.45) is 0 Å². The highest BCUT2D eigenvalue weighted by molar-refractivity contribution is 6.01. The fourth-order valence-electron chi connectivity index (χ4n) is 5.19. The lowest BCUT2D eigenvalue weighted by Crippen LogP contribution is -2.51. The molecule has 0 aromatic heterocycles. The number of hydrogen-bond donors (Lipinski definition) is 1. The van der Waals surface area contributed by atoms with Crippen molar-refractivity contribution in [2.75, 3.05) is 6.54 Å². The normalized spacial score (nSPS) is 20.0. The van der Waals surface area contributed by atoms with Crippen LogP contribution in [0.1, 0.15) is 57.9 Å². The summed E-state index contributed by atoms with van der Waals surface area (Å²) in [5, 5.41) is 3.26. The van der Waals surface area contributed by atoms with Crippen LogP contribution in [-0.4, -0.2) is 29.3 Å². The number of benzene rings is 3. The van der Waals surface area contributed by atoms with Crippen molar-refractivity contribution in [2.45, 2.75) is 44.2 Å². The van der Waals surface area contributed by atoms with Crippen LogP contribution in [0.3, 0.4) is 0 Å². The number of hydrogen-bond acceptors (Lipinski definition) is 2. The molecule has 0 spiro atoms. The summed E-state index contributed by atoms with van der Waals surface area (Å²) in [7, 11) is 0. The van der Waals surface area contributed by atoms with Crippen molar-refractivity contribution >= 4 is 11.8 Å². The van der Waals surface area contributed by atoms with Gasteiger partial charge in [0, 0.05) is 18.2 Å². The molecule has 4 nitrogen and oxygen atoms in total. The number of nitrogens with zero attached hydrogens (tertiary/aromatic N) is 1. The van der Waals surface area contributed by atoms with Gasteiger partial charge in [-0.05, 0) is 54.5 Å². The van der Waals surface area contributed by atoms with Crippen LogP contribution in [0.25, 0.3) is 0 Å². The Balaban J connectivity index is 1.44. The van der Waals surface area contributed by atoms with Gasteiger partial charge in [0.05, 0.1) is 12.0 Å². The quantitative estimate of drug-likeness (QED) is 0.648. The summed E-state index contributed by atoms with van der Waals surface area (Å²) in [6.45, 7) is 2.70. The third-order valence-electron chi connectivity index (χ3n) is 6.81. The molecule has 0 saturated carbocycles. The highest BCUT2D eigenvalue weighted by Gasteiger charge is 2.46. The van der Waals surface area contributed by atoms with Gasteiger partial charge in [0.1, 0.15) is 0 Å². The Hall–Kier alpha value is -3.40. The molecule has 0 fully saturated rings. The van der Waals surface area contributed by atoms with Crippen molar-refractivity contribution < 1.29 is 9.59 Å². The van der Waals surface area contributed by atoms with E-state index in [1.165, 1.54) is 11.1 Å². The van der Waals surface area contributed by atoms with Gasteiger partial charge < -0.3 is 10.2 Å². The van der Waals surface area contributed by atoms with Gasteiger partial charge >= 0.3 is 0 Å². The predicted molar refractivity (Wildman–Crippen MR) is 125 cm³/mol. The maximum absolute atomic E-state index is 13.7. The highest BCUT2D eigenvalue weighted by Crippen LogP contribution is 2.45. The molecule has 0 aliphatic carbocycles. The van der Waals surface area contributed by atoms with Crippen LogP contribution in [0.15, 0.2) is 78.9 Å². The molecule has 3 unspecified atom stereocenters. The summed E-state index contributed by atoms with van der Waals surface area (Å²) in [6.07, 6.45) is 2.61. The van der Waals surface area contributed by atoms with Gasteiger partial charge in [-0.15, -0.1) is 0 Å². The van der Waals surface area contributed by atoms with Gasteiger partial charge in [0.25, 0.3) is 5.91 Å². The van der Waals surface area contributed by atoms with E-state index in [9.17, 15) is 9.59 Å². The van der Waals surface area contributed by atoms with E-state index in [1.807, 2.05) is 59.5 Å². The molecule has 2 heterocycles. The fraction of sp³-hybridized carbons (Fsp3) is 0.286. The second-order valence-electron chi connectivity index (χ2n) is 8.89. The SMILES string of the molecule is CC(CCc1ccccc1)NC(=O)C1c2ccccc2C(=O)N2CCc3ccccc3C12. The number of amides is 2. The first-order valence-electron chi connectivity index (χ1n) is 11.5. The Morgan fingerprint density at radius 1 is 0.969 bits per heavy atom. The first-order valence-corrected chi connectivity index (χ1v) is 11.5. The van der Waals surface area contributed by atoms with Crippen molar-refractivity contribution in [3.8, 4) is 0 Å². The monoisotopic (exact) mass is 424 g/mol. The zero-order chi connectivity index (χ0) is 22.1. The van der Waals surface area contributed by atoms with E-state index >= 15 is 0 Å². The zero-order valence-electron chi connectivity index (χ0n) is 18.3. The minimum Gasteiger partial charge on any atom is -0.353 e. The van der Waals surface area contributed by atoms with Gasteiger partial charge in [-0.3, -0.25) is 9.59 Å². The van der Waals surface area contributed by atoms with E-state index < -0.39 is 5.92 Å². The van der Waals surface area contributed by atoms with E-state index in [-0.39, 0.29) is 23.9 Å². The molecule has 3 atom stereocenters. The minimum absolute atomic E-state index is 0.00258. The number of aryl methyl sites for hydroxylation is 1. The Morgan fingerprint density at radius 3 is 2.47 bits per heavy atom. The molecule has 2 amide bonds. The first kappa shape index (κ1) is 20.5. The van der Waals surface area contributed by atoms with Crippen LogP contribution < -0.4 is 5.32 Å². The van der Waals surface area contributed by atoms with Gasteiger partial charge in [-0.1, -0.05) is 72.8 Å². The number of carbonyl (C=O) groups is 2. The summed E-state index contributed by atoms with van der Waals surface area (Å²) < 4.78 is 0. The van der Waals surface area contributed by atoms with E-state index in [0.29, 0.717) is 12.1 Å². The van der Waals surface area contributed by atoms with Crippen molar-refractivity contribution in [3.05, 3.63) is 107 Å². The van der Waals surface area contributed by atoms with Crippen LogP contribution in [0, 0.1) is 0 Å². The second-order valence-corrected chi connectivity index (χ2v) is 8.89. The number of nitrogens with one attached hydrogen (secondary N) is 1. The molecule has 0 radical (unpaired) electrons. The lowest BCUT2D eigenvalue weighted by atomic mass is 9.75. The summed E-state index contributed by atoms with van der Waals surface area (Å²) in [4.78, 5) is 28.9. The molecular weight excluding hydrogens is 396 g/mol. The Kier molecular flexibility index (Phi) is 5.52. The van der Waals surface area contributed by atoms with Crippen molar-refractivity contribution in [1.82, 2.24) is 10.2 Å². The molecule has 0 saturated heterocycles. The van der Waals surface area contributed by atoms with Crippen LogP contribution in [0.4, 0.5) is 0 Å². The largest absolute Gasteiger partial charge is 0.353 e. The average molecular weight is 425 g/mol. The Labute approximate surface area is 189 Å². The average Bonchev–Trinajstić information content (AvgIpc) is 2.83. The Morgan fingerprint density at radius 2 is 1.66 bits per heavy atom. The molecule has 2 aliphatic heterocycles. The third-order valence-corrected chi connectivity index (χ3v) is 6.81. The highest BCUT2D eigenvalue weighted by atomic mass is 16.2. The molecule has 5 rings (SSSR count). The molecule has 1 N–H and O–H groups in total. The van der Waals surface area contributed by atoms with Crippen LogP contribution >= 0.6 is 0 Å². The van der Waals surface area contributed by atoms with Gasteiger partial charge in [-0.2, -0.15) is 0 Å².